The zero-order chi connectivity index (χ0) is 14.6. The summed E-state index contributed by atoms with van der Waals surface area (Å²) in [6.45, 7) is 0. The summed E-state index contributed by atoms with van der Waals surface area (Å²) >= 11 is 2.68. The van der Waals surface area contributed by atoms with Gasteiger partial charge in [0, 0.05) is 9.37 Å². The molecule has 19 heavy (non-hydrogen) atoms. The van der Waals surface area contributed by atoms with Gasteiger partial charge >= 0.3 is 11.5 Å². The van der Waals surface area contributed by atoms with Crippen LogP contribution < -0.4 is 0 Å². The maximum absolute atomic E-state index is 12.4. The van der Waals surface area contributed by atoms with Gasteiger partial charge in [-0.15, -0.1) is 0 Å². The van der Waals surface area contributed by atoms with Crippen molar-refractivity contribution >= 4 is 33.7 Å². The van der Waals surface area contributed by atoms with Crippen LogP contribution in [0.15, 0.2) is 21.5 Å². The maximum atomic E-state index is 12.4. The number of hydrogen-bond donors (Lipinski definition) is 0. The molecule has 8 heteroatoms. The van der Waals surface area contributed by atoms with Gasteiger partial charge in [0.05, 0.1) is 19.1 Å². The quantitative estimate of drug-likeness (QED) is 0.614. The highest BCUT2D eigenvalue weighted by Crippen LogP contribution is 2.40. The minimum absolute atomic E-state index is 0.105. The Morgan fingerprint density at radius 2 is 2.16 bits per heavy atom. The van der Waals surface area contributed by atoms with Gasteiger partial charge in [0.15, 0.2) is 0 Å². The molecule has 3 nitrogen and oxygen atoms in total. The van der Waals surface area contributed by atoms with Crippen LogP contribution in [0.2, 0.25) is 0 Å². The molecular formula is C11H7BrF3NO2S. The zero-order valence-corrected chi connectivity index (χ0v) is 11.9. The molecule has 1 aromatic rings. The summed E-state index contributed by atoms with van der Waals surface area (Å²) in [6.07, 6.45) is -0.323. The second-order valence-corrected chi connectivity index (χ2v) is 5.31. The number of carbonyl (C=O) groups excluding carboxylic acids is 1. The second kappa shape index (κ2) is 6.30. The Labute approximate surface area is 119 Å². The van der Waals surface area contributed by atoms with Crippen molar-refractivity contribution in [3.05, 3.63) is 27.7 Å². The number of carbonyl (C=O) groups is 1. The van der Waals surface area contributed by atoms with Gasteiger partial charge < -0.3 is 4.74 Å². The highest BCUT2D eigenvalue weighted by molar-refractivity contribution is 9.10. The number of rotatable bonds is 3. The molecule has 0 saturated carbocycles. The second-order valence-electron chi connectivity index (χ2n) is 3.35. The third-order valence-corrected chi connectivity index (χ3v) is 3.55. The first kappa shape index (κ1) is 15.9. The molecule has 0 aliphatic heterocycles. The van der Waals surface area contributed by atoms with Gasteiger partial charge in [-0.3, -0.25) is 4.79 Å². The number of methoxy groups -OCH3 is 1. The summed E-state index contributed by atoms with van der Waals surface area (Å²) in [5.41, 5.74) is -4.21. The highest BCUT2D eigenvalue weighted by atomic mass is 79.9. The van der Waals surface area contributed by atoms with E-state index in [-0.39, 0.29) is 38.7 Å². The Kier molecular flexibility index (Phi) is 5.26. The van der Waals surface area contributed by atoms with Crippen molar-refractivity contribution in [1.29, 1.82) is 5.26 Å². The van der Waals surface area contributed by atoms with Crippen LogP contribution in [0.25, 0.3) is 0 Å². The fourth-order valence-corrected chi connectivity index (χ4v) is 2.54. The Hall–Kier alpha value is -1.20. The van der Waals surface area contributed by atoms with E-state index in [0.29, 0.717) is 0 Å². The normalized spacial score (nSPS) is 10.9. The van der Waals surface area contributed by atoms with Crippen LogP contribution in [0.5, 0.6) is 0 Å². The van der Waals surface area contributed by atoms with Gasteiger partial charge in [0.1, 0.15) is 6.07 Å². The van der Waals surface area contributed by atoms with E-state index in [1.54, 1.807) is 0 Å². The van der Waals surface area contributed by atoms with Crippen molar-refractivity contribution in [3.63, 3.8) is 0 Å². The predicted molar refractivity (Wildman–Crippen MR) is 66.5 cm³/mol. The number of halogens is 4. The van der Waals surface area contributed by atoms with Crippen molar-refractivity contribution in [1.82, 2.24) is 0 Å². The van der Waals surface area contributed by atoms with Crippen molar-refractivity contribution < 1.29 is 22.7 Å². The predicted octanol–water partition coefficient (Wildman–Crippen LogP) is 3.65. The first-order chi connectivity index (χ1) is 8.76. The molecule has 0 heterocycles. The largest absolute Gasteiger partial charge is 0.469 e. The number of ether oxygens (including phenoxy) is 1. The standard InChI is InChI=1S/C11H7BrF3NO2S/c1-18-10(17)3-6-2-7(5-16)8(12)4-9(6)19-11(13,14)15/h2,4H,3H2,1H3. The van der Waals surface area contributed by atoms with Crippen LogP contribution >= 0.6 is 27.7 Å². The summed E-state index contributed by atoms with van der Waals surface area (Å²) in [7, 11) is 1.14. The minimum Gasteiger partial charge on any atom is -0.469 e. The Morgan fingerprint density at radius 1 is 1.53 bits per heavy atom. The minimum atomic E-state index is -4.47. The molecule has 0 aromatic heterocycles. The fourth-order valence-electron chi connectivity index (χ4n) is 1.27. The lowest BCUT2D eigenvalue weighted by molar-refractivity contribution is -0.139. The van der Waals surface area contributed by atoms with E-state index in [4.69, 9.17) is 5.26 Å². The Balaban J connectivity index is 3.23. The summed E-state index contributed by atoms with van der Waals surface area (Å²) in [5, 5.41) is 8.83. The molecule has 1 aromatic carbocycles. The summed E-state index contributed by atoms with van der Waals surface area (Å²) in [4.78, 5) is 11.0. The van der Waals surface area contributed by atoms with E-state index in [1.807, 2.05) is 6.07 Å². The van der Waals surface area contributed by atoms with Crippen molar-refractivity contribution in [2.45, 2.75) is 16.8 Å². The SMILES string of the molecule is COC(=O)Cc1cc(C#N)c(Br)cc1SC(F)(F)F. The molecule has 0 amide bonds. The Morgan fingerprint density at radius 3 is 2.63 bits per heavy atom. The summed E-state index contributed by atoms with van der Waals surface area (Å²) < 4.78 is 41.9. The fraction of sp³-hybridized carbons (Fsp3) is 0.273. The lowest BCUT2D eigenvalue weighted by atomic mass is 10.1. The monoisotopic (exact) mass is 353 g/mol. The molecule has 102 valence electrons. The van der Waals surface area contributed by atoms with Crippen LogP contribution in [-0.4, -0.2) is 18.6 Å². The van der Waals surface area contributed by atoms with Gasteiger partial charge in [-0.2, -0.15) is 18.4 Å². The van der Waals surface area contributed by atoms with E-state index in [0.717, 1.165) is 7.11 Å². The van der Waals surface area contributed by atoms with Crippen molar-refractivity contribution in [3.8, 4) is 6.07 Å². The van der Waals surface area contributed by atoms with Crippen LogP contribution in [0.1, 0.15) is 11.1 Å². The molecule has 0 unspecified atom stereocenters. The number of benzene rings is 1. The third-order valence-electron chi connectivity index (χ3n) is 2.06. The molecule has 0 aliphatic carbocycles. The molecule has 0 spiro atoms. The number of nitriles is 1. The highest BCUT2D eigenvalue weighted by Gasteiger charge is 2.31. The number of alkyl halides is 3. The topological polar surface area (TPSA) is 50.1 Å². The van der Waals surface area contributed by atoms with Gasteiger partial charge in [-0.1, -0.05) is 0 Å². The zero-order valence-electron chi connectivity index (χ0n) is 9.55. The van der Waals surface area contributed by atoms with Crippen molar-refractivity contribution in [2.75, 3.05) is 7.11 Å². The average molecular weight is 354 g/mol. The van der Waals surface area contributed by atoms with Crippen LogP contribution in [-0.2, 0) is 16.0 Å². The molecule has 0 aliphatic rings. The van der Waals surface area contributed by atoms with Crippen LogP contribution in [0.3, 0.4) is 0 Å². The summed E-state index contributed by atoms with van der Waals surface area (Å²) in [5.74, 6) is -0.671. The van der Waals surface area contributed by atoms with Crippen LogP contribution in [0.4, 0.5) is 13.2 Å². The molecular weight excluding hydrogens is 347 g/mol. The third kappa shape index (κ3) is 4.76. The molecule has 0 N–H and O–H groups in total. The average Bonchev–Trinajstić information content (AvgIpc) is 2.30. The first-order valence-corrected chi connectivity index (χ1v) is 6.43. The molecule has 0 bridgehead atoms. The van der Waals surface area contributed by atoms with Crippen LogP contribution in [0, 0.1) is 11.3 Å². The maximum Gasteiger partial charge on any atom is 0.446 e. The first-order valence-electron chi connectivity index (χ1n) is 4.82. The van der Waals surface area contributed by atoms with E-state index in [9.17, 15) is 18.0 Å². The lowest BCUT2D eigenvalue weighted by Crippen LogP contribution is -2.08. The van der Waals surface area contributed by atoms with Gasteiger partial charge in [0.25, 0.3) is 0 Å². The Bertz CT molecular complexity index is 540. The number of esters is 1. The number of nitrogens with zero attached hydrogens (tertiary/aromatic N) is 1. The summed E-state index contributed by atoms with van der Waals surface area (Å²) in [6, 6.07) is 4.25. The van der Waals surface area contributed by atoms with Crippen molar-refractivity contribution in [2.24, 2.45) is 0 Å². The van der Waals surface area contributed by atoms with Gasteiger partial charge in [-0.05, 0) is 45.4 Å². The smallest absolute Gasteiger partial charge is 0.446 e. The van der Waals surface area contributed by atoms with Gasteiger partial charge in [-0.25, -0.2) is 0 Å². The molecule has 0 saturated heterocycles. The van der Waals surface area contributed by atoms with Gasteiger partial charge in [0.2, 0.25) is 0 Å². The number of hydrogen-bond acceptors (Lipinski definition) is 4. The van der Waals surface area contributed by atoms with E-state index < -0.39 is 11.5 Å². The molecule has 1 rings (SSSR count). The molecule has 0 radical (unpaired) electrons. The van der Waals surface area contributed by atoms with E-state index in [1.165, 1.54) is 12.1 Å². The van der Waals surface area contributed by atoms with E-state index >= 15 is 0 Å². The van der Waals surface area contributed by atoms with E-state index in [2.05, 4.69) is 20.7 Å². The number of thioether (sulfide) groups is 1. The lowest BCUT2D eigenvalue weighted by Gasteiger charge is -2.12. The molecule has 0 fully saturated rings. The molecule has 0 atom stereocenters.